The van der Waals surface area contributed by atoms with Crippen LogP contribution in [0.25, 0.3) is 0 Å². The summed E-state index contributed by atoms with van der Waals surface area (Å²) in [4.78, 5) is 26.7. The molecule has 1 saturated heterocycles. The van der Waals surface area contributed by atoms with E-state index in [9.17, 15) is 9.59 Å². The number of carboxylic acids is 1. The highest BCUT2D eigenvalue weighted by molar-refractivity contribution is 7.98. The maximum Gasteiger partial charge on any atom is 0.320 e. The van der Waals surface area contributed by atoms with Crippen molar-refractivity contribution < 1.29 is 14.7 Å². The maximum absolute atomic E-state index is 12.3. The van der Waals surface area contributed by atoms with Crippen LogP contribution in [0.2, 0.25) is 0 Å². The van der Waals surface area contributed by atoms with Crippen LogP contribution in [-0.4, -0.2) is 65.1 Å². The zero-order valence-electron chi connectivity index (χ0n) is 11.8. The molecule has 1 heterocycles. The standard InChI is InChI=1S/C13H24N2O3S/c1-14(7-5-9-19-2)13(18)15-8-4-3-6-11(15)10-12(16)17/h11H,3-10H2,1-2H3,(H,16,17). The fourth-order valence-electron chi connectivity index (χ4n) is 2.43. The third-order valence-corrected chi connectivity index (χ3v) is 4.15. The van der Waals surface area contributed by atoms with E-state index in [1.54, 1.807) is 28.6 Å². The minimum atomic E-state index is -0.824. The third kappa shape index (κ3) is 5.30. The van der Waals surface area contributed by atoms with E-state index in [1.165, 1.54) is 0 Å². The van der Waals surface area contributed by atoms with Crippen molar-refractivity contribution in [1.29, 1.82) is 0 Å². The molecule has 1 aliphatic heterocycles. The van der Waals surface area contributed by atoms with E-state index in [0.717, 1.165) is 38.0 Å². The Labute approximate surface area is 119 Å². The van der Waals surface area contributed by atoms with Gasteiger partial charge in [0.15, 0.2) is 0 Å². The zero-order chi connectivity index (χ0) is 14.3. The number of hydrogen-bond acceptors (Lipinski definition) is 3. The van der Waals surface area contributed by atoms with E-state index >= 15 is 0 Å². The minimum absolute atomic E-state index is 0.0212. The number of carboxylic acid groups (broad SMARTS) is 1. The first-order valence-electron chi connectivity index (χ1n) is 6.78. The van der Waals surface area contributed by atoms with Crippen molar-refractivity contribution in [3.63, 3.8) is 0 Å². The molecular formula is C13H24N2O3S. The SMILES string of the molecule is CSCCCN(C)C(=O)N1CCCCC1CC(=O)O. The number of aliphatic carboxylic acids is 1. The van der Waals surface area contributed by atoms with Crippen LogP contribution in [0.3, 0.4) is 0 Å². The van der Waals surface area contributed by atoms with Gasteiger partial charge in [0.2, 0.25) is 0 Å². The highest BCUT2D eigenvalue weighted by Crippen LogP contribution is 2.21. The predicted molar refractivity (Wildman–Crippen MR) is 77.6 cm³/mol. The Hall–Kier alpha value is -0.910. The summed E-state index contributed by atoms with van der Waals surface area (Å²) in [6.45, 7) is 1.42. The summed E-state index contributed by atoms with van der Waals surface area (Å²) in [6.07, 6.45) is 5.87. The highest BCUT2D eigenvalue weighted by atomic mass is 32.2. The molecule has 0 aromatic rings. The molecule has 110 valence electrons. The van der Waals surface area contributed by atoms with Crippen LogP contribution < -0.4 is 0 Å². The molecule has 0 spiro atoms. The molecule has 1 rings (SSSR count). The topological polar surface area (TPSA) is 60.9 Å². The molecule has 6 heteroatoms. The van der Waals surface area contributed by atoms with Crippen LogP contribution in [-0.2, 0) is 4.79 Å². The summed E-state index contributed by atoms with van der Waals surface area (Å²) in [5.74, 6) is 0.214. The summed E-state index contributed by atoms with van der Waals surface area (Å²) in [7, 11) is 1.80. The lowest BCUT2D eigenvalue weighted by atomic mass is 10.00. The number of urea groups is 1. The van der Waals surface area contributed by atoms with Gasteiger partial charge in [-0.05, 0) is 37.7 Å². The molecule has 2 amide bonds. The van der Waals surface area contributed by atoms with Crippen molar-refractivity contribution >= 4 is 23.8 Å². The van der Waals surface area contributed by atoms with Crippen molar-refractivity contribution in [2.45, 2.75) is 38.1 Å². The van der Waals surface area contributed by atoms with Crippen molar-refractivity contribution in [3.8, 4) is 0 Å². The highest BCUT2D eigenvalue weighted by Gasteiger charge is 2.29. The molecule has 0 aliphatic carbocycles. The zero-order valence-corrected chi connectivity index (χ0v) is 12.6. The monoisotopic (exact) mass is 288 g/mol. The van der Waals surface area contributed by atoms with Gasteiger partial charge in [-0.1, -0.05) is 0 Å². The van der Waals surface area contributed by atoms with Crippen LogP contribution in [0.4, 0.5) is 4.79 Å². The van der Waals surface area contributed by atoms with E-state index in [4.69, 9.17) is 5.11 Å². The van der Waals surface area contributed by atoms with Gasteiger partial charge in [0.25, 0.3) is 0 Å². The molecule has 0 radical (unpaired) electrons. The van der Waals surface area contributed by atoms with Gasteiger partial charge in [0.1, 0.15) is 0 Å². The van der Waals surface area contributed by atoms with E-state index in [1.807, 2.05) is 0 Å². The van der Waals surface area contributed by atoms with Gasteiger partial charge in [0, 0.05) is 26.2 Å². The minimum Gasteiger partial charge on any atom is -0.481 e. The van der Waals surface area contributed by atoms with E-state index < -0.39 is 5.97 Å². The lowest BCUT2D eigenvalue weighted by Gasteiger charge is -2.37. The molecule has 1 atom stereocenters. The second kappa shape index (κ2) is 8.30. The first-order valence-corrected chi connectivity index (χ1v) is 8.18. The number of hydrogen-bond donors (Lipinski definition) is 1. The lowest BCUT2D eigenvalue weighted by molar-refractivity contribution is -0.138. The molecule has 1 aliphatic rings. The molecule has 1 unspecified atom stereocenters. The molecular weight excluding hydrogens is 264 g/mol. The van der Waals surface area contributed by atoms with Gasteiger partial charge in [0.05, 0.1) is 6.42 Å². The number of thioether (sulfide) groups is 1. The van der Waals surface area contributed by atoms with Crippen LogP contribution >= 0.6 is 11.8 Å². The van der Waals surface area contributed by atoms with Crippen LogP contribution in [0.15, 0.2) is 0 Å². The Balaban J connectivity index is 2.53. The van der Waals surface area contributed by atoms with Crippen molar-refractivity contribution in [2.24, 2.45) is 0 Å². The molecule has 1 N–H and O–H groups in total. The average molecular weight is 288 g/mol. The smallest absolute Gasteiger partial charge is 0.320 e. The predicted octanol–water partition coefficient (Wildman–Crippen LogP) is 2.12. The molecule has 5 nitrogen and oxygen atoms in total. The van der Waals surface area contributed by atoms with Crippen molar-refractivity contribution in [2.75, 3.05) is 32.1 Å². The van der Waals surface area contributed by atoms with Gasteiger partial charge in [-0.25, -0.2) is 4.79 Å². The summed E-state index contributed by atoms with van der Waals surface area (Å²) < 4.78 is 0. The summed E-state index contributed by atoms with van der Waals surface area (Å²) in [6, 6.07) is -0.159. The Morgan fingerprint density at radius 3 is 2.79 bits per heavy atom. The second-order valence-corrected chi connectivity index (χ2v) is 5.98. The number of carbonyl (C=O) groups excluding carboxylic acids is 1. The molecule has 1 fully saturated rings. The Bertz CT molecular complexity index is 312. The number of carbonyl (C=O) groups is 2. The first-order chi connectivity index (χ1) is 9.06. The van der Waals surface area contributed by atoms with Gasteiger partial charge < -0.3 is 14.9 Å². The fraction of sp³-hybridized carbons (Fsp3) is 0.846. The Morgan fingerprint density at radius 2 is 2.16 bits per heavy atom. The van der Waals surface area contributed by atoms with Crippen LogP contribution in [0.5, 0.6) is 0 Å². The summed E-state index contributed by atoms with van der Waals surface area (Å²) >= 11 is 1.77. The third-order valence-electron chi connectivity index (χ3n) is 3.45. The van der Waals surface area contributed by atoms with Crippen LogP contribution in [0.1, 0.15) is 32.1 Å². The first kappa shape index (κ1) is 16.1. The molecule has 19 heavy (non-hydrogen) atoms. The second-order valence-electron chi connectivity index (χ2n) is 4.99. The van der Waals surface area contributed by atoms with Gasteiger partial charge in [-0.2, -0.15) is 11.8 Å². The van der Waals surface area contributed by atoms with Gasteiger partial charge in [-0.3, -0.25) is 4.79 Å². The normalized spacial score (nSPS) is 19.3. The van der Waals surface area contributed by atoms with E-state index in [2.05, 4.69) is 6.26 Å². The largest absolute Gasteiger partial charge is 0.481 e. The fourth-order valence-corrected chi connectivity index (χ4v) is 2.84. The van der Waals surface area contributed by atoms with Crippen LogP contribution in [0, 0.1) is 0 Å². The lowest BCUT2D eigenvalue weighted by Crippen LogP contribution is -2.50. The quantitative estimate of drug-likeness (QED) is 0.761. The molecule has 0 aromatic heterocycles. The number of rotatable bonds is 6. The Morgan fingerprint density at radius 1 is 1.42 bits per heavy atom. The van der Waals surface area contributed by atoms with E-state index in [0.29, 0.717) is 6.54 Å². The molecule has 0 bridgehead atoms. The molecule has 0 aromatic carbocycles. The van der Waals surface area contributed by atoms with Crippen molar-refractivity contribution in [3.05, 3.63) is 0 Å². The Kier molecular flexibility index (Phi) is 7.05. The summed E-state index contributed by atoms with van der Waals surface area (Å²) in [5.41, 5.74) is 0. The number of piperidine rings is 1. The number of nitrogens with zero attached hydrogens (tertiary/aromatic N) is 2. The maximum atomic E-state index is 12.3. The van der Waals surface area contributed by atoms with Gasteiger partial charge >= 0.3 is 12.0 Å². The number of amides is 2. The molecule has 0 saturated carbocycles. The average Bonchev–Trinajstić information content (AvgIpc) is 2.38. The number of likely N-dealkylation sites (tertiary alicyclic amines) is 1. The van der Waals surface area contributed by atoms with E-state index in [-0.39, 0.29) is 18.5 Å². The van der Waals surface area contributed by atoms with Crippen molar-refractivity contribution in [1.82, 2.24) is 9.80 Å². The van der Waals surface area contributed by atoms with Gasteiger partial charge in [-0.15, -0.1) is 0 Å². The summed E-state index contributed by atoms with van der Waals surface area (Å²) in [5, 5.41) is 8.92.